The largest absolute Gasteiger partial charge is 0.393 e. The van der Waals surface area contributed by atoms with Crippen molar-refractivity contribution in [3.8, 4) is 0 Å². The maximum absolute atomic E-state index is 10.9. The molecule has 1 N–H and O–H groups in total. The van der Waals surface area contributed by atoms with Crippen LogP contribution in [-0.4, -0.2) is 11.2 Å². The molecule has 31 heavy (non-hydrogen) atoms. The number of aliphatic hydroxyl groups is 1. The number of fused-ring (bicyclic) bond motifs is 7. The Morgan fingerprint density at radius 3 is 1.84 bits per heavy atom. The summed E-state index contributed by atoms with van der Waals surface area (Å²) in [4.78, 5) is 0. The van der Waals surface area contributed by atoms with Crippen LogP contribution in [0.5, 0.6) is 0 Å². The smallest absolute Gasteiger partial charge is 0.0594 e. The van der Waals surface area contributed by atoms with Gasteiger partial charge in [0.2, 0.25) is 0 Å². The van der Waals surface area contributed by atoms with Crippen molar-refractivity contribution in [2.24, 2.45) is 56.7 Å². The molecule has 0 amide bonds. The van der Waals surface area contributed by atoms with Crippen LogP contribution in [0.4, 0.5) is 0 Å². The highest BCUT2D eigenvalue weighted by molar-refractivity contribution is 5.21. The lowest BCUT2D eigenvalue weighted by molar-refractivity contribution is -0.251. The molecule has 0 spiro atoms. The molecule has 0 aromatic heterocycles. The molecule has 0 radical (unpaired) electrons. The summed E-state index contributed by atoms with van der Waals surface area (Å²) in [5, 5.41) is 10.9. The molecule has 0 heterocycles. The van der Waals surface area contributed by atoms with Crippen molar-refractivity contribution in [2.75, 3.05) is 0 Å². The van der Waals surface area contributed by atoms with Crippen LogP contribution in [0.15, 0.2) is 12.2 Å². The summed E-state index contributed by atoms with van der Waals surface area (Å²) in [6.45, 7) is 22.3. The molecule has 5 rings (SSSR count). The van der Waals surface area contributed by atoms with Crippen LogP contribution in [-0.2, 0) is 0 Å². The normalized spacial score (nSPS) is 57.9. The minimum absolute atomic E-state index is 0.0654. The van der Waals surface area contributed by atoms with Crippen molar-refractivity contribution in [2.45, 2.75) is 119 Å². The maximum Gasteiger partial charge on any atom is 0.0594 e. The number of allylic oxidation sites excluding steroid dienone is 1. The minimum atomic E-state index is -0.117. The first-order valence-electron chi connectivity index (χ1n) is 13.7. The second-order valence-corrected chi connectivity index (χ2v) is 14.6. The highest BCUT2D eigenvalue weighted by atomic mass is 16.3. The van der Waals surface area contributed by atoms with E-state index in [1.165, 1.54) is 63.4 Å². The molecule has 5 aliphatic carbocycles. The minimum Gasteiger partial charge on any atom is -0.393 e. The molecular formula is C30H50O. The number of rotatable bonds is 1. The molecule has 5 saturated carbocycles. The zero-order valence-electron chi connectivity index (χ0n) is 21.7. The first-order valence-corrected chi connectivity index (χ1v) is 13.7. The third-order valence-corrected chi connectivity index (χ3v) is 13.6. The Bertz CT molecular complexity index is 766. The van der Waals surface area contributed by atoms with E-state index in [9.17, 15) is 5.11 Å². The SMILES string of the molecule is C=C(C)[C@@H]1CC[C@]2(C)[C@H]3CC[C@@H]4[C@@]5(C)CC[C@@H](O)C(C)(C)[C@H]5CC[C@@]4(C)[C@]3(C)CC[C@@H]12. The molecule has 0 bridgehead atoms. The number of hydrogen-bond acceptors (Lipinski definition) is 1. The molecule has 10 atom stereocenters. The monoisotopic (exact) mass is 426 g/mol. The standard InChI is InChI=1S/C30H50O/c1-19(2)20-11-15-27(5)21(20)12-17-29(7)23(27)9-10-24-28(6)16-14-25(31)26(3,4)22(28)13-18-30(24,29)8/h20-25,31H,1,9-18H2,2-8H3/t20-,21-,22+,23+,24+,25+,27-,28-,29+,30+/m0/s1. The predicted octanol–water partition coefficient (Wildman–Crippen LogP) is 8.02. The van der Waals surface area contributed by atoms with Crippen molar-refractivity contribution in [3.05, 3.63) is 12.2 Å². The average molecular weight is 427 g/mol. The van der Waals surface area contributed by atoms with Crippen LogP contribution >= 0.6 is 0 Å². The molecule has 0 saturated heterocycles. The summed E-state index contributed by atoms with van der Waals surface area (Å²) < 4.78 is 0. The Balaban J connectivity index is 1.52. The van der Waals surface area contributed by atoms with Gasteiger partial charge in [0.05, 0.1) is 6.10 Å². The van der Waals surface area contributed by atoms with Gasteiger partial charge in [0, 0.05) is 0 Å². The Morgan fingerprint density at radius 1 is 0.677 bits per heavy atom. The third kappa shape index (κ3) is 2.60. The van der Waals surface area contributed by atoms with E-state index in [4.69, 9.17) is 0 Å². The summed E-state index contributed by atoms with van der Waals surface area (Å²) in [7, 11) is 0. The summed E-state index contributed by atoms with van der Waals surface area (Å²) in [5.41, 5.74) is 3.36. The fourth-order valence-electron chi connectivity index (χ4n) is 11.8. The summed E-state index contributed by atoms with van der Waals surface area (Å²) >= 11 is 0. The summed E-state index contributed by atoms with van der Waals surface area (Å²) in [6.07, 6.45) is 13.4. The molecule has 5 aliphatic rings. The van der Waals surface area contributed by atoms with Crippen LogP contribution in [0.25, 0.3) is 0 Å². The second kappa shape index (κ2) is 6.64. The van der Waals surface area contributed by atoms with E-state index < -0.39 is 0 Å². The molecular weight excluding hydrogens is 376 g/mol. The van der Waals surface area contributed by atoms with Gasteiger partial charge in [-0.05, 0) is 128 Å². The summed E-state index contributed by atoms with van der Waals surface area (Å²) in [6, 6.07) is 0. The van der Waals surface area contributed by atoms with Gasteiger partial charge < -0.3 is 5.11 Å². The van der Waals surface area contributed by atoms with Crippen LogP contribution in [0.2, 0.25) is 0 Å². The second-order valence-electron chi connectivity index (χ2n) is 14.6. The van der Waals surface area contributed by atoms with Crippen LogP contribution < -0.4 is 0 Å². The molecule has 0 aliphatic heterocycles. The van der Waals surface area contributed by atoms with E-state index in [1.54, 1.807) is 0 Å². The predicted molar refractivity (Wildman–Crippen MR) is 131 cm³/mol. The van der Waals surface area contributed by atoms with E-state index in [-0.39, 0.29) is 11.5 Å². The van der Waals surface area contributed by atoms with Crippen molar-refractivity contribution >= 4 is 0 Å². The van der Waals surface area contributed by atoms with Crippen molar-refractivity contribution < 1.29 is 5.11 Å². The van der Waals surface area contributed by atoms with Crippen molar-refractivity contribution in [3.63, 3.8) is 0 Å². The lowest BCUT2D eigenvalue weighted by Crippen LogP contribution is -2.66. The Kier molecular flexibility index (Phi) is 4.82. The molecule has 0 aromatic carbocycles. The Hall–Kier alpha value is -0.300. The van der Waals surface area contributed by atoms with E-state index in [2.05, 4.69) is 55.0 Å². The topological polar surface area (TPSA) is 20.2 Å². The van der Waals surface area contributed by atoms with E-state index in [1.807, 2.05) is 0 Å². The molecule has 1 heteroatoms. The Morgan fingerprint density at radius 2 is 1.23 bits per heavy atom. The van der Waals surface area contributed by atoms with E-state index >= 15 is 0 Å². The molecule has 0 unspecified atom stereocenters. The van der Waals surface area contributed by atoms with Gasteiger partial charge in [0.25, 0.3) is 0 Å². The van der Waals surface area contributed by atoms with Crippen LogP contribution in [0.3, 0.4) is 0 Å². The fourth-order valence-corrected chi connectivity index (χ4v) is 11.8. The van der Waals surface area contributed by atoms with Gasteiger partial charge in [-0.25, -0.2) is 0 Å². The lowest BCUT2D eigenvalue weighted by atomic mass is 9.32. The Labute approximate surface area is 192 Å². The molecule has 0 aromatic rings. The highest BCUT2D eigenvalue weighted by Gasteiger charge is 2.70. The lowest BCUT2D eigenvalue weighted by Gasteiger charge is -2.73. The zero-order valence-corrected chi connectivity index (χ0v) is 21.7. The molecule has 176 valence electrons. The van der Waals surface area contributed by atoms with Crippen molar-refractivity contribution in [1.82, 2.24) is 0 Å². The van der Waals surface area contributed by atoms with Crippen molar-refractivity contribution in [1.29, 1.82) is 0 Å². The summed E-state index contributed by atoms with van der Waals surface area (Å²) in [5.74, 6) is 4.03. The first kappa shape index (κ1) is 22.5. The van der Waals surface area contributed by atoms with Crippen LogP contribution in [0, 0.1) is 56.7 Å². The number of hydrogen-bond donors (Lipinski definition) is 1. The highest BCUT2D eigenvalue weighted by Crippen LogP contribution is 2.77. The fraction of sp³-hybridized carbons (Fsp3) is 0.933. The van der Waals surface area contributed by atoms with E-state index in [0.717, 1.165) is 30.1 Å². The van der Waals surface area contributed by atoms with Gasteiger partial charge in [-0.15, -0.1) is 0 Å². The average Bonchev–Trinajstić information content (AvgIpc) is 3.03. The van der Waals surface area contributed by atoms with Crippen LogP contribution in [0.1, 0.15) is 113 Å². The van der Waals surface area contributed by atoms with Gasteiger partial charge in [-0.3, -0.25) is 0 Å². The molecule has 1 nitrogen and oxygen atoms in total. The quantitative estimate of drug-likeness (QED) is 0.421. The first-order chi connectivity index (χ1) is 14.3. The van der Waals surface area contributed by atoms with Gasteiger partial charge in [0.1, 0.15) is 0 Å². The van der Waals surface area contributed by atoms with Gasteiger partial charge in [0.15, 0.2) is 0 Å². The van der Waals surface area contributed by atoms with Gasteiger partial charge >= 0.3 is 0 Å². The van der Waals surface area contributed by atoms with E-state index in [0.29, 0.717) is 27.6 Å². The zero-order chi connectivity index (χ0) is 22.6. The van der Waals surface area contributed by atoms with Gasteiger partial charge in [-0.2, -0.15) is 0 Å². The third-order valence-electron chi connectivity index (χ3n) is 13.6. The molecule has 5 fully saturated rings. The maximum atomic E-state index is 10.9. The number of aliphatic hydroxyl groups excluding tert-OH is 1. The van der Waals surface area contributed by atoms with Gasteiger partial charge in [-0.1, -0.05) is 53.7 Å².